The summed E-state index contributed by atoms with van der Waals surface area (Å²) in [5, 5.41) is 0. The molecular weight excluding hydrogens is 394 g/mol. The molecular formula is C25H25NOS2. The van der Waals surface area contributed by atoms with Gasteiger partial charge in [0.1, 0.15) is 0 Å². The monoisotopic (exact) mass is 419 g/mol. The summed E-state index contributed by atoms with van der Waals surface area (Å²) >= 11 is 3.54. The minimum Gasteiger partial charge on any atom is -0.294 e. The Bertz CT molecular complexity index is 1090. The van der Waals surface area contributed by atoms with Crippen LogP contribution in [0.1, 0.15) is 44.7 Å². The number of para-hydroxylation sites is 1. The van der Waals surface area contributed by atoms with Crippen LogP contribution in [0.3, 0.4) is 0 Å². The van der Waals surface area contributed by atoms with E-state index >= 15 is 0 Å². The van der Waals surface area contributed by atoms with E-state index in [1.807, 2.05) is 6.07 Å². The third-order valence-corrected chi connectivity index (χ3v) is 9.55. The number of thioether (sulfide) groups is 1. The van der Waals surface area contributed by atoms with Gasteiger partial charge in [0, 0.05) is 11.2 Å². The highest BCUT2D eigenvalue weighted by Gasteiger charge is 2.63. The Hall–Kier alpha value is -1.91. The normalized spacial score (nSPS) is 26.7. The predicted octanol–water partition coefficient (Wildman–Crippen LogP) is 7.00. The van der Waals surface area contributed by atoms with E-state index in [1.165, 1.54) is 10.3 Å². The summed E-state index contributed by atoms with van der Waals surface area (Å²) < 4.78 is 2.35. The van der Waals surface area contributed by atoms with Gasteiger partial charge in [-0.05, 0) is 59.1 Å². The number of benzene rings is 2. The molecule has 3 aromatic rings. The lowest BCUT2D eigenvalue weighted by molar-refractivity contribution is -0.125. The average Bonchev–Trinajstić information content (AvgIpc) is 3.27. The van der Waals surface area contributed by atoms with Crippen LogP contribution in [0.2, 0.25) is 0 Å². The highest BCUT2D eigenvalue weighted by molar-refractivity contribution is 8.00. The van der Waals surface area contributed by atoms with Crippen molar-refractivity contribution in [2.24, 2.45) is 16.7 Å². The van der Waals surface area contributed by atoms with Gasteiger partial charge < -0.3 is 0 Å². The Balaban J connectivity index is 1.31. The molecule has 2 aliphatic carbocycles. The van der Waals surface area contributed by atoms with Gasteiger partial charge in [0.2, 0.25) is 0 Å². The molecule has 0 saturated heterocycles. The Morgan fingerprint density at radius 3 is 2.59 bits per heavy atom. The number of carbonyl (C=O) groups excluding carboxylic acids is 1. The maximum absolute atomic E-state index is 13.0. The third-order valence-electron chi connectivity index (χ3n) is 7.30. The van der Waals surface area contributed by atoms with Crippen LogP contribution >= 0.6 is 23.1 Å². The van der Waals surface area contributed by atoms with Crippen LogP contribution in [0, 0.1) is 16.7 Å². The van der Waals surface area contributed by atoms with E-state index in [4.69, 9.17) is 4.98 Å². The van der Waals surface area contributed by atoms with E-state index in [-0.39, 0.29) is 10.8 Å². The Labute approximate surface area is 180 Å². The van der Waals surface area contributed by atoms with E-state index in [2.05, 4.69) is 69.3 Å². The van der Waals surface area contributed by atoms with Crippen LogP contribution in [0.15, 0.2) is 58.4 Å². The first-order chi connectivity index (χ1) is 13.9. The van der Waals surface area contributed by atoms with Crippen molar-refractivity contribution in [2.75, 3.05) is 0 Å². The van der Waals surface area contributed by atoms with Crippen molar-refractivity contribution < 1.29 is 4.79 Å². The molecule has 2 atom stereocenters. The molecule has 0 N–H and O–H groups in total. The summed E-state index contributed by atoms with van der Waals surface area (Å²) in [6, 6.07) is 16.9. The number of carbonyl (C=O) groups is 1. The van der Waals surface area contributed by atoms with Crippen LogP contribution in [0.4, 0.5) is 0 Å². The zero-order valence-corrected chi connectivity index (χ0v) is 18.7. The molecule has 2 fully saturated rings. The van der Waals surface area contributed by atoms with Gasteiger partial charge in [0.25, 0.3) is 0 Å². The fraction of sp³-hybridized carbons (Fsp3) is 0.360. The van der Waals surface area contributed by atoms with E-state index in [0.29, 0.717) is 11.7 Å². The van der Waals surface area contributed by atoms with Gasteiger partial charge >= 0.3 is 0 Å². The summed E-state index contributed by atoms with van der Waals surface area (Å²) in [6.45, 7) is 6.70. The largest absolute Gasteiger partial charge is 0.294 e. The summed E-state index contributed by atoms with van der Waals surface area (Å²) in [5.74, 6) is 1.67. The number of hydrogen-bond donors (Lipinski definition) is 0. The molecule has 2 aliphatic rings. The molecule has 2 saturated carbocycles. The SMILES string of the molecule is CC12CCC(/C(=C/c3ccc(CSc4nc5ccccc5s4)cc3)C1=O)C2(C)C. The van der Waals surface area contributed by atoms with Gasteiger partial charge in [-0.15, -0.1) is 11.3 Å². The number of fused-ring (bicyclic) bond motifs is 3. The van der Waals surface area contributed by atoms with E-state index in [0.717, 1.165) is 39.6 Å². The van der Waals surface area contributed by atoms with Gasteiger partial charge in [0.15, 0.2) is 10.1 Å². The lowest BCUT2D eigenvalue weighted by atomic mass is 9.70. The average molecular weight is 420 g/mol. The first kappa shape index (κ1) is 19.1. The fourth-order valence-corrected chi connectivity index (χ4v) is 7.07. The molecule has 0 amide bonds. The van der Waals surface area contributed by atoms with Gasteiger partial charge in [-0.3, -0.25) is 4.79 Å². The van der Waals surface area contributed by atoms with Crippen molar-refractivity contribution in [1.29, 1.82) is 0 Å². The van der Waals surface area contributed by atoms with Crippen molar-refractivity contribution in [2.45, 2.75) is 43.7 Å². The Morgan fingerprint density at radius 2 is 1.90 bits per heavy atom. The number of rotatable bonds is 4. The Kier molecular flexibility index (Phi) is 4.48. The second-order valence-corrected chi connectivity index (χ2v) is 11.3. The molecule has 2 bridgehead atoms. The molecule has 0 radical (unpaired) electrons. The van der Waals surface area contributed by atoms with E-state index in [9.17, 15) is 4.79 Å². The molecule has 29 heavy (non-hydrogen) atoms. The first-order valence-corrected chi connectivity index (χ1v) is 12.0. The molecule has 2 nitrogen and oxygen atoms in total. The van der Waals surface area contributed by atoms with Gasteiger partial charge in [-0.25, -0.2) is 4.98 Å². The highest BCUT2D eigenvalue weighted by Crippen LogP contribution is 2.65. The van der Waals surface area contributed by atoms with Crippen molar-refractivity contribution in [3.8, 4) is 0 Å². The van der Waals surface area contributed by atoms with Gasteiger partial charge in [-0.1, -0.05) is 68.9 Å². The summed E-state index contributed by atoms with van der Waals surface area (Å²) in [4.78, 5) is 17.7. The summed E-state index contributed by atoms with van der Waals surface area (Å²) in [7, 11) is 0. The molecule has 0 spiro atoms. The maximum Gasteiger partial charge on any atom is 0.165 e. The molecule has 0 aliphatic heterocycles. The quantitative estimate of drug-likeness (QED) is 0.337. The van der Waals surface area contributed by atoms with Crippen LogP contribution < -0.4 is 0 Å². The van der Waals surface area contributed by atoms with Crippen molar-refractivity contribution in [3.63, 3.8) is 0 Å². The zero-order valence-electron chi connectivity index (χ0n) is 17.1. The van der Waals surface area contributed by atoms with Crippen LogP contribution in [-0.4, -0.2) is 10.8 Å². The van der Waals surface area contributed by atoms with Crippen molar-refractivity contribution in [3.05, 3.63) is 65.2 Å². The standard InChI is InChI=1S/C25H25NOS2/c1-24(2)19-12-13-25(24,3)22(27)18(19)14-16-8-10-17(11-9-16)15-28-23-26-20-6-4-5-7-21(20)29-23/h4-11,14,19H,12-13,15H2,1-3H3/b18-14-. The second-order valence-electron chi connectivity index (χ2n) is 9.05. The van der Waals surface area contributed by atoms with Crippen LogP contribution in [-0.2, 0) is 10.5 Å². The zero-order chi connectivity index (χ0) is 20.2. The summed E-state index contributed by atoms with van der Waals surface area (Å²) in [5.41, 5.74) is 4.42. The molecule has 5 rings (SSSR count). The Morgan fingerprint density at radius 1 is 1.14 bits per heavy atom. The predicted molar refractivity (Wildman–Crippen MR) is 123 cm³/mol. The number of aromatic nitrogens is 1. The number of thiazole rings is 1. The molecule has 148 valence electrons. The molecule has 4 heteroatoms. The topological polar surface area (TPSA) is 30.0 Å². The number of nitrogens with zero attached hydrogens (tertiary/aromatic N) is 1. The molecule has 1 aromatic heterocycles. The summed E-state index contributed by atoms with van der Waals surface area (Å²) in [6.07, 6.45) is 4.31. The van der Waals surface area contributed by atoms with E-state index in [1.54, 1.807) is 23.1 Å². The number of hydrogen-bond acceptors (Lipinski definition) is 4. The number of allylic oxidation sites excluding steroid dienone is 1. The number of Topliss-reactive ketones (excluding diaryl/α,β-unsaturated/α-hetero) is 1. The maximum atomic E-state index is 13.0. The molecule has 1 heterocycles. The van der Waals surface area contributed by atoms with E-state index < -0.39 is 0 Å². The lowest BCUT2D eigenvalue weighted by Gasteiger charge is -2.31. The van der Waals surface area contributed by atoms with Crippen molar-refractivity contribution in [1.82, 2.24) is 4.98 Å². The molecule has 2 aromatic carbocycles. The second kappa shape index (κ2) is 6.82. The van der Waals surface area contributed by atoms with Gasteiger partial charge in [-0.2, -0.15) is 0 Å². The molecule has 2 unspecified atom stereocenters. The fourth-order valence-electron chi connectivity index (χ4n) is 5.04. The third kappa shape index (κ3) is 3.00. The lowest BCUT2D eigenvalue weighted by Crippen LogP contribution is -2.32. The van der Waals surface area contributed by atoms with Crippen molar-refractivity contribution >= 4 is 45.2 Å². The van der Waals surface area contributed by atoms with Gasteiger partial charge in [0.05, 0.1) is 10.2 Å². The highest BCUT2D eigenvalue weighted by atomic mass is 32.2. The first-order valence-electron chi connectivity index (χ1n) is 10.2. The van der Waals surface area contributed by atoms with Crippen LogP contribution in [0.5, 0.6) is 0 Å². The van der Waals surface area contributed by atoms with Crippen LogP contribution in [0.25, 0.3) is 16.3 Å². The number of ketones is 1. The minimum absolute atomic E-state index is 0.0732. The smallest absolute Gasteiger partial charge is 0.165 e. The minimum atomic E-state index is -0.183.